The van der Waals surface area contributed by atoms with Gasteiger partial charge in [0.25, 0.3) is 5.91 Å². The number of hydrogen-bond acceptors (Lipinski definition) is 12. The first-order valence-corrected chi connectivity index (χ1v) is 12.2. The molecule has 0 unspecified atom stereocenters. The van der Waals surface area contributed by atoms with Crippen molar-refractivity contribution in [2.24, 2.45) is 0 Å². The number of amides is 1. The van der Waals surface area contributed by atoms with Crippen LogP contribution in [0.15, 0.2) is 47.4 Å². The molecule has 3 rings (SSSR count). The number of anilines is 1. The molecule has 1 aliphatic rings. The summed E-state index contributed by atoms with van der Waals surface area (Å²) in [6, 6.07) is 8.48. The lowest BCUT2D eigenvalue weighted by atomic mass is 9.98. The van der Waals surface area contributed by atoms with E-state index in [0.717, 1.165) is 32.3 Å². The molecule has 14 nitrogen and oxygen atoms in total. The highest BCUT2D eigenvalue weighted by molar-refractivity contribution is 6.03. The van der Waals surface area contributed by atoms with Gasteiger partial charge in [-0.15, -0.1) is 0 Å². The molecule has 1 aromatic carbocycles. The topological polar surface area (TPSA) is 178 Å². The number of nitrogens with zero attached hydrogens (tertiary/aromatic N) is 2. The van der Waals surface area contributed by atoms with E-state index in [2.05, 4.69) is 10.3 Å². The zero-order chi connectivity index (χ0) is 29.4. The quantitative estimate of drug-likeness (QED) is 0.356. The SMILES string of the molecule is CC(=O)OC[C@H]1OC[C@@H](n2ccc(NC(=O)c3ccccc3)nc2=O)[C@H](OC(C)=O)[C@@H](OC(C)=O)[C@@H]1OC(C)=O. The van der Waals surface area contributed by atoms with Crippen LogP contribution in [0.25, 0.3) is 0 Å². The highest BCUT2D eigenvalue weighted by Crippen LogP contribution is 2.30. The molecular formula is C26H29N3O11. The van der Waals surface area contributed by atoms with E-state index in [1.54, 1.807) is 30.3 Å². The van der Waals surface area contributed by atoms with Crippen LogP contribution in [0.1, 0.15) is 44.1 Å². The predicted molar refractivity (Wildman–Crippen MR) is 135 cm³/mol. The summed E-state index contributed by atoms with van der Waals surface area (Å²) in [5.41, 5.74) is -0.513. The molecule has 1 aromatic heterocycles. The fourth-order valence-corrected chi connectivity index (χ4v) is 4.12. The van der Waals surface area contributed by atoms with E-state index in [1.165, 1.54) is 12.3 Å². The molecule has 1 fully saturated rings. The Labute approximate surface area is 228 Å². The molecule has 40 heavy (non-hydrogen) atoms. The van der Waals surface area contributed by atoms with Crippen LogP contribution < -0.4 is 11.0 Å². The van der Waals surface area contributed by atoms with E-state index in [9.17, 15) is 28.8 Å². The molecule has 0 aliphatic carbocycles. The van der Waals surface area contributed by atoms with Crippen LogP contribution in [0.3, 0.4) is 0 Å². The van der Waals surface area contributed by atoms with Gasteiger partial charge in [-0.1, -0.05) is 18.2 Å². The second kappa shape index (κ2) is 13.5. The number of aromatic nitrogens is 2. The zero-order valence-electron chi connectivity index (χ0n) is 22.2. The summed E-state index contributed by atoms with van der Waals surface area (Å²) in [5, 5.41) is 2.53. The van der Waals surface area contributed by atoms with Gasteiger partial charge in [0, 0.05) is 39.5 Å². The number of rotatable bonds is 8. The van der Waals surface area contributed by atoms with Crippen LogP contribution in [-0.2, 0) is 42.9 Å². The Hall–Kier alpha value is -4.59. The van der Waals surface area contributed by atoms with Crippen LogP contribution in [-0.4, -0.2) is 77.0 Å². The molecule has 14 heteroatoms. The minimum absolute atomic E-state index is 0.0456. The first-order valence-electron chi connectivity index (χ1n) is 12.2. The van der Waals surface area contributed by atoms with Crippen molar-refractivity contribution in [1.82, 2.24) is 9.55 Å². The van der Waals surface area contributed by atoms with Crippen molar-refractivity contribution in [3.63, 3.8) is 0 Å². The van der Waals surface area contributed by atoms with Crippen LogP contribution in [0.5, 0.6) is 0 Å². The molecule has 1 aliphatic heterocycles. The number of carbonyl (C=O) groups is 5. The summed E-state index contributed by atoms with van der Waals surface area (Å²) in [6.45, 7) is 3.73. The summed E-state index contributed by atoms with van der Waals surface area (Å²) in [4.78, 5) is 77.2. The Morgan fingerprint density at radius 2 is 1.48 bits per heavy atom. The Morgan fingerprint density at radius 3 is 2.05 bits per heavy atom. The molecule has 2 aromatic rings. The van der Waals surface area contributed by atoms with Gasteiger partial charge in [-0.3, -0.25) is 28.5 Å². The van der Waals surface area contributed by atoms with Crippen molar-refractivity contribution >= 4 is 35.6 Å². The highest BCUT2D eigenvalue weighted by Gasteiger charge is 2.49. The van der Waals surface area contributed by atoms with Gasteiger partial charge < -0.3 is 29.0 Å². The fourth-order valence-electron chi connectivity index (χ4n) is 4.12. The van der Waals surface area contributed by atoms with Gasteiger partial charge in [-0.25, -0.2) is 4.79 Å². The summed E-state index contributed by atoms with van der Waals surface area (Å²) in [7, 11) is 0. The highest BCUT2D eigenvalue weighted by atomic mass is 16.6. The monoisotopic (exact) mass is 559 g/mol. The molecule has 0 radical (unpaired) electrons. The Bertz CT molecular complexity index is 1310. The number of benzene rings is 1. The maximum atomic E-state index is 13.1. The lowest BCUT2D eigenvalue weighted by Gasteiger charge is -2.34. The Balaban J connectivity index is 2.02. The molecule has 1 amide bonds. The molecule has 0 spiro atoms. The predicted octanol–water partition coefficient (Wildman–Crippen LogP) is 0.794. The van der Waals surface area contributed by atoms with Crippen LogP contribution in [0.2, 0.25) is 0 Å². The number of nitrogens with one attached hydrogen (secondary N) is 1. The normalized spacial score (nSPS) is 22.2. The van der Waals surface area contributed by atoms with Crippen LogP contribution in [0.4, 0.5) is 5.82 Å². The summed E-state index contributed by atoms with van der Waals surface area (Å²) < 4.78 is 28.3. The van der Waals surface area contributed by atoms with Crippen LogP contribution in [0, 0.1) is 0 Å². The average molecular weight is 560 g/mol. The Kier molecular flexibility index (Phi) is 10.1. The average Bonchev–Trinajstić information content (AvgIpc) is 3.00. The van der Waals surface area contributed by atoms with E-state index in [4.69, 9.17) is 23.7 Å². The smallest absolute Gasteiger partial charge is 0.349 e. The van der Waals surface area contributed by atoms with Crippen molar-refractivity contribution in [3.8, 4) is 0 Å². The third kappa shape index (κ3) is 7.96. The zero-order valence-corrected chi connectivity index (χ0v) is 22.2. The molecule has 214 valence electrons. The number of hydrogen-bond donors (Lipinski definition) is 1. The van der Waals surface area contributed by atoms with E-state index in [1.807, 2.05) is 0 Å². The molecule has 1 N–H and O–H groups in total. The molecule has 1 saturated heterocycles. The molecule has 0 bridgehead atoms. The van der Waals surface area contributed by atoms with E-state index >= 15 is 0 Å². The van der Waals surface area contributed by atoms with Gasteiger partial charge in [-0.05, 0) is 18.2 Å². The molecule has 0 saturated carbocycles. The largest absolute Gasteiger partial charge is 0.463 e. The van der Waals surface area contributed by atoms with Crippen molar-refractivity contribution in [3.05, 3.63) is 58.6 Å². The maximum Gasteiger partial charge on any atom is 0.349 e. The summed E-state index contributed by atoms with van der Waals surface area (Å²) >= 11 is 0. The van der Waals surface area contributed by atoms with Gasteiger partial charge >= 0.3 is 29.6 Å². The van der Waals surface area contributed by atoms with E-state index < -0.39 is 72.5 Å². The lowest BCUT2D eigenvalue weighted by molar-refractivity contribution is -0.192. The van der Waals surface area contributed by atoms with Crippen molar-refractivity contribution in [2.45, 2.75) is 58.2 Å². The van der Waals surface area contributed by atoms with Crippen molar-refractivity contribution in [2.75, 3.05) is 18.5 Å². The molecular weight excluding hydrogens is 530 g/mol. The number of carbonyl (C=O) groups excluding carboxylic acids is 5. The fraction of sp³-hybridized carbons (Fsp3) is 0.423. The van der Waals surface area contributed by atoms with Gasteiger partial charge in [-0.2, -0.15) is 4.98 Å². The number of esters is 4. The van der Waals surface area contributed by atoms with Crippen LogP contribution >= 0.6 is 0 Å². The second-order valence-electron chi connectivity index (χ2n) is 8.79. The van der Waals surface area contributed by atoms with Gasteiger partial charge in [0.05, 0.1) is 6.61 Å². The third-order valence-electron chi connectivity index (χ3n) is 5.70. The summed E-state index contributed by atoms with van der Waals surface area (Å²) in [5.74, 6) is -3.57. The number of ether oxygens (including phenoxy) is 5. The van der Waals surface area contributed by atoms with E-state index in [0.29, 0.717) is 5.56 Å². The van der Waals surface area contributed by atoms with Gasteiger partial charge in [0.1, 0.15) is 24.6 Å². The van der Waals surface area contributed by atoms with Crippen molar-refractivity contribution in [1.29, 1.82) is 0 Å². The lowest BCUT2D eigenvalue weighted by Crippen LogP contribution is -2.52. The van der Waals surface area contributed by atoms with E-state index in [-0.39, 0.29) is 12.4 Å². The summed E-state index contributed by atoms with van der Waals surface area (Å²) in [6.07, 6.45) is -4.13. The standard InChI is InChI=1S/C26H29N3O11/c1-14(30)36-13-20-23(39-16(3)32)24(40-17(4)33)22(38-15(2)31)19(12-37-20)29-11-10-21(28-26(29)35)27-25(34)18-8-6-5-7-9-18/h5-11,19-20,22-24H,12-13H2,1-4H3,(H,27,28,34,35)/t19-,20-,22+,23-,24-/m1/s1. The third-order valence-corrected chi connectivity index (χ3v) is 5.70. The Morgan fingerprint density at radius 1 is 0.875 bits per heavy atom. The first-order chi connectivity index (χ1) is 19.0. The van der Waals surface area contributed by atoms with Gasteiger partial charge in [0.15, 0.2) is 18.3 Å². The maximum absolute atomic E-state index is 13.1. The first kappa shape index (κ1) is 30.0. The van der Waals surface area contributed by atoms with Gasteiger partial charge in [0.2, 0.25) is 0 Å². The minimum atomic E-state index is -1.47. The molecule has 5 atom stereocenters. The minimum Gasteiger partial charge on any atom is -0.463 e. The van der Waals surface area contributed by atoms with Crippen molar-refractivity contribution < 1.29 is 47.7 Å². The molecule has 2 heterocycles. The second-order valence-corrected chi connectivity index (χ2v) is 8.79.